The lowest BCUT2D eigenvalue weighted by atomic mass is 10.1. The molecule has 1 aromatic carbocycles. The molecule has 0 aliphatic carbocycles. The van der Waals surface area contributed by atoms with Gasteiger partial charge in [0.05, 0.1) is 5.00 Å². The van der Waals surface area contributed by atoms with Crippen LogP contribution in [0.1, 0.15) is 24.0 Å². The lowest BCUT2D eigenvalue weighted by Gasteiger charge is -2.33. The summed E-state index contributed by atoms with van der Waals surface area (Å²) in [6, 6.07) is 13.4. The van der Waals surface area contributed by atoms with Crippen molar-refractivity contribution in [2.75, 3.05) is 39.1 Å². The number of benzene rings is 1. The molecule has 1 fully saturated rings. The predicted molar refractivity (Wildman–Crippen MR) is 117 cm³/mol. The predicted octanol–water partition coefficient (Wildman–Crippen LogP) is 3.14. The van der Waals surface area contributed by atoms with Crippen LogP contribution in [0, 0.1) is 0 Å². The summed E-state index contributed by atoms with van der Waals surface area (Å²) in [6.07, 6.45) is 2.27. The van der Waals surface area contributed by atoms with E-state index in [0.29, 0.717) is 6.04 Å². The van der Waals surface area contributed by atoms with Crippen LogP contribution in [0.3, 0.4) is 0 Å². The normalized spacial score (nSPS) is 16.0. The zero-order valence-corrected chi connectivity index (χ0v) is 17.4. The first-order valence-corrected chi connectivity index (χ1v) is 10.5. The van der Waals surface area contributed by atoms with Gasteiger partial charge in [0.25, 0.3) is 0 Å². The minimum Gasteiger partial charge on any atom is -0.363 e. The third kappa shape index (κ3) is 5.71. The third-order valence-corrected chi connectivity index (χ3v) is 5.86. The van der Waals surface area contributed by atoms with Crippen LogP contribution in [0.5, 0.6) is 0 Å². The van der Waals surface area contributed by atoms with Crippen molar-refractivity contribution in [3.63, 3.8) is 0 Å². The molecule has 0 atom stereocenters. The highest BCUT2D eigenvalue weighted by atomic mass is 32.1. The van der Waals surface area contributed by atoms with Crippen molar-refractivity contribution in [3.8, 4) is 0 Å². The number of rotatable bonds is 6. The van der Waals surface area contributed by atoms with Gasteiger partial charge >= 0.3 is 0 Å². The van der Waals surface area contributed by atoms with Gasteiger partial charge < -0.3 is 20.4 Å². The average Bonchev–Trinajstić information content (AvgIpc) is 3.21. The van der Waals surface area contributed by atoms with Gasteiger partial charge in [-0.25, -0.2) is 0 Å². The molecule has 1 aliphatic rings. The molecular weight excluding hydrogens is 354 g/mol. The Morgan fingerprint density at radius 3 is 2.52 bits per heavy atom. The quantitative estimate of drug-likeness (QED) is 0.592. The Bertz CT molecular complexity index is 718. The molecular formula is C21H31N5S. The fourth-order valence-electron chi connectivity index (χ4n) is 3.49. The van der Waals surface area contributed by atoms with Gasteiger partial charge in [0.1, 0.15) is 0 Å². The van der Waals surface area contributed by atoms with Gasteiger partial charge in [0.15, 0.2) is 5.96 Å². The van der Waals surface area contributed by atoms with Crippen LogP contribution >= 0.6 is 11.3 Å². The van der Waals surface area contributed by atoms with Crippen LogP contribution in [0.25, 0.3) is 0 Å². The molecule has 2 aromatic rings. The molecule has 0 spiro atoms. The second-order valence-electron chi connectivity index (χ2n) is 7.29. The molecule has 3 rings (SSSR count). The van der Waals surface area contributed by atoms with E-state index in [1.807, 2.05) is 18.4 Å². The molecule has 1 aliphatic heterocycles. The molecule has 2 heterocycles. The molecule has 0 unspecified atom stereocenters. The molecule has 0 bridgehead atoms. The summed E-state index contributed by atoms with van der Waals surface area (Å²) in [6.45, 7) is 3.93. The van der Waals surface area contributed by atoms with Crippen LogP contribution in [0.4, 0.5) is 5.00 Å². The second kappa shape index (κ2) is 9.76. The number of anilines is 1. The summed E-state index contributed by atoms with van der Waals surface area (Å²) in [5.74, 6) is 0.893. The molecule has 6 heteroatoms. The van der Waals surface area contributed by atoms with Gasteiger partial charge in [0.2, 0.25) is 0 Å². The summed E-state index contributed by atoms with van der Waals surface area (Å²) < 4.78 is 0. The molecule has 5 nitrogen and oxygen atoms in total. The molecule has 0 saturated carbocycles. The largest absolute Gasteiger partial charge is 0.363 e. The number of hydrogen-bond donors (Lipinski definition) is 2. The standard InChI is InChI=1S/C21H31N5S/c1-22-21(23-15-17-7-4-5-8-18(17)16-25(2)3)24-19-10-12-26(13-11-19)20-9-6-14-27-20/h4-9,14,19H,10-13,15-16H2,1-3H3,(H2,22,23,24). The summed E-state index contributed by atoms with van der Waals surface area (Å²) in [7, 11) is 6.06. The van der Waals surface area contributed by atoms with E-state index in [2.05, 4.69) is 81.3 Å². The van der Waals surface area contributed by atoms with E-state index in [1.54, 1.807) is 0 Å². The first-order valence-electron chi connectivity index (χ1n) is 9.63. The van der Waals surface area contributed by atoms with Crippen molar-refractivity contribution in [1.29, 1.82) is 0 Å². The van der Waals surface area contributed by atoms with E-state index in [0.717, 1.165) is 45.0 Å². The van der Waals surface area contributed by atoms with Gasteiger partial charge in [-0.3, -0.25) is 4.99 Å². The maximum absolute atomic E-state index is 4.43. The molecule has 0 amide bonds. The van der Waals surface area contributed by atoms with E-state index in [4.69, 9.17) is 0 Å². The first kappa shape index (κ1) is 19.7. The number of piperidine rings is 1. The first-order chi connectivity index (χ1) is 13.2. The van der Waals surface area contributed by atoms with Gasteiger partial charge in [-0.2, -0.15) is 0 Å². The number of nitrogens with zero attached hydrogens (tertiary/aromatic N) is 3. The number of nitrogens with one attached hydrogen (secondary N) is 2. The fraction of sp³-hybridized carbons (Fsp3) is 0.476. The molecule has 146 valence electrons. The molecule has 2 N–H and O–H groups in total. The van der Waals surface area contributed by atoms with Crippen LogP contribution in [-0.4, -0.2) is 51.1 Å². The average molecular weight is 386 g/mol. The minimum atomic E-state index is 0.476. The van der Waals surface area contributed by atoms with Crippen LogP contribution in [-0.2, 0) is 13.1 Å². The van der Waals surface area contributed by atoms with Crippen molar-refractivity contribution in [3.05, 3.63) is 52.9 Å². The molecule has 1 saturated heterocycles. The van der Waals surface area contributed by atoms with E-state index in [9.17, 15) is 0 Å². The highest BCUT2D eigenvalue weighted by Crippen LogP contribution is 2.24. The monoisotopic (exact) mass is 385 g/mol. The van der Waals surface area contributed by atoms with Crippen LogP contribution in [0.15, 0.2) is 46.8 Å². The zero-order chi connectivity index (χ0) is 19.1. The van der Waals surface area contributed by atoms with Gasteiger partial charge in [-0.05, 0) is 55.6 Å². The Labute approximate surface area is 167 Å². The van der Waals surface area contributed by atoms with E-state index in [-0.39, 0.29) is 0 Å². The van der Waals surface area contributed by atoms with E-state index >= 15 is 0 Å². The summed E-state index contributed by atoms with van der Waals surface area (Å²) in [4.78, 5) is 9.11. The lowest BCUT2D eigenvalue weighted by Crippen LogP contribution is -2.48. The number of thiophene rings is 1. The van der Waals surface area contributed by atoms with Crippen molar-refractivity contribution in [2.45, 2.75) is 32.0 Å². The number of hydrogen-bond acceptors (Lipinski definition) is 4. The summed E-state index contributed by atoms with van der Waals surface area (Å²) in [5, 5.41) is 10.6. The Balaban J connectivity index is 1.49. The van der Waals surface area contributed by atoms with Gasteiger partial charge in [0, 0.05) is 39.3 Å². The topological polar surface area (TPSA) is 42.9 Å². The van der Waals surface area contributed by atoms with Crippen molar-refractivity contribution in [1.82, 2.24) is 15.5 Å². The molecule has 1 aromatic heterocycles. The fourth-order valence-corrected chi connectivity index (χ4v) is 4.27. The van der Waals surface area contributed by atoms with Gasteiger partial charge in [-0.1, -0.05) is 24.3 Å². The Morgan fingerprint density at radius 1 is 1.15 bits per heavy atom. The van der Waals surface area contributed by atoms with E-state index in [1.165, 1.54) is 16.1 Å². The van der Waals surface area contributed by atoms with E-state index < -0.39 is 0 Å². The Kier molecular flexibility index (Phi) is 7.12. The number of aliphatic imine (C=N–C) groups is 1. The third-order valence-electron chi connectivity index (χ3n) is 4.93. The summed E-state index contributed by atoms with van der Waals surface area (Å²) >= 11 is 1.83. The lowest BCUT2D eigenvalue weighted by molar-refractivity contribution is 0.400. The molecule has 0 radical (unpaired) electrons. The SMILES string of the molecule is CN=C(NCc1ccccc1CN(C)C)NC1CCN(c2cccs2)CC1. The van der Waals surface area contributed by atoms with Crippen molar-refractivity contribution in [2.24, 2.45) is 4.99 Å². The van der Waals surface area contributed by atoms with Crippen molar-refractivity contribution < 1.29 is 0 Å². The Hall–Kier alpha value is -2.05. The van der Waals surface area contributed by atoms with Crippen molar-refractivity contribution >= 4 is 22.3 Å². The number of guanidine groups is 1. The smallest absolute Gasteiger partial charge is 0.191 e. The maximum atomic E-state index is 4.43. The highest BCUT2D eigenvalue weighted by molar-refractivity contribution is 7.14. The maximum Gasteiger partial charge on any atom is 0.191 e. The van der Waals surface area contributed by atoms with Gasteiger partial charge in [-0.15, -0.1) is 11.3 Å². The van der Waals surface area contributed by atoms with Crippen LogP contribution < -0.4 is 15.5 Å². The minimum absolute atomic E-state index is 0.476. The summed E-state index contributed by atoms with van der Waals surface area (Å²) in [5.41, 5.74) is 2.68. The molecule has 27 heavy (non-hydrogen) atoms. The highest BCUT2D eigenvalue weighted by Gasteiger charge is 2.20. The second-order valence-corrected chi connectivity index (χ2v) is 8.22. The Morgan fingerprint density at radius 2 is 1.89 bits per heavy atom. The van der Waals surface area contributed by atoms with Crippen LogP contribution in [0.2, 0.25) is 0 Å². The zero-order valence-electron chi connectivity index (χ0n) is 16.6.